The molecule has 0 aromatic carbocycles. The van der Waals surface area contributed by atoms with Crippen molar-refractivity contribution in [1.82, 2.24) is 0 Å². The number of hydrogen-bond donors (Lipinski definition) is 4. The minimum Gasteiger partial charge on any atom is -0.430 e. The van der Waals surface area contributed by atoms with Crippen LogP contribution in [0, 0.1) is 0 Å². The van der Waals surface area contributed by atoms with Crippen molar-refractivity contribution in [3.8, 4) is 0 Å². The molecule has 2 aliphatic heterocycles. The van der Waals surface area contributed by atoms with Gasteiger partial charge in [-0.3, -0.25) is 15.3 Å². The lowest BCUT2D eigenvalue weighted by Crippen LogP contribution is -2.69. The van der Waals surface area contributed by atoms with E-state index in [1.54, 1.807) is 0 Å². The van der Waals surface area contributed by atoms with Gasteiger partial charge < -0.3 is 29.5 Å². The number of fused-ring (bicyclic) bond motifs is 3. The maximum Gasteiger partial charge on any atom is 0.433 e. The monoisotopic (exact) mass is 277 g/mol. The molecule has 3 unspecified atom stereocenters. The van der Waals surface area contributed by atoms with E-state index in [2.05, 4.69) is 14.2 Å². The number of carbonyl (C=O) groups is 3. The Morgan fingerprint density at radius 2 is 1.58 bits per heavy atom. The van der Waals surface area contributed by atoms with Crippen LogP contribution >= 0.6 is 0 Å². The van der Waals surface area contributed by atoms with E-state index in [9.17, 15) is 24.6 Å². The van der Waals surface area contributed by atoms with Gasteiger partial charge in [0.15, 0.2) is 5.60 Å². The van der Waals surface area contributed by atoms with Crippen molar-refractivity contribution >= 4 is 17.9 Å². The largest absolute Gasteiger partial charge is 0.433 e. The van der Waals surface area contributed by atoms with Crippen molar-refractivity contribution in [2.75, 3.05) is 6.61 Å². The van der Waals surface area contributed by atoms with Gasteiger partial charge in [-0.05, 0) is 0 Å². The molecule has 10 nitrogen and oxygen atoms in total. The van der Waals surface area contributed by atoms with Crippen LogP contribution in [0.5, 0.6) is 0 Å². The topological polar surface area (TPSA) is 166 Å². The molecule has 2 rings (SSSR count). The summed E-state index contributed by atoms with van der Waals surface area (Å²) in [6.45, 7) is -1.20. The fraction of sp³-hybridized carbons (Fsp3) is 0.667. The third kappa shape index (κ3) is 1.94. The van der Waals surface area contributed by atoms with Gasteiger partial charge in [0.25, 0.3) is 5.72 Å². The molecule has 2 fully saturated rings. The Balaban J connectivity index is 2.57. The van der Waals surface area contributed by atoms with Crippen LogP contribution in [0.25, 0.3) is 0 Å². The van der Waals surface area contributed by atoms with Gasteiger partial charge in [-0.1, -0.05) is 0 Å². The predicted octanol–water partition coefficient (Wildman–Crippen LogP) is -3.55. The van der Waals surface area contributed by atoms with Crippen LogP contribution < -0.4 is 5.73 Å². The van der Waals surface area contributed by atoms with Gasteiger partial charge in [0.1, 0.15) is 6.61 Å². The molecule has 10 heteroatoms. The Morgan fingerprint density at radius 1 is 1.05 bits per heavy atom. The number of hydrogen-bond acceptors (Lipinski definition) is 10. The molecule has 0 aromatic heterocycles. The normalized spacial score (nSPS) is 42.6. The highest BCUT2D eigenvalue weighted by atomic mass is 16.9. The van der Waals surface area contributed by atoms with E-state index in [1.165, 1.54) is 0 Å². The molecule has 2 bridgehead atoms. The molecule has 2 saturated heterocycles. The van der Waals surface area contributed by atoms with Crippen molar-refractivity contribution in [1.29, 1.82) is 0 Å². The van der Waals surface area contributed by atoms with Crippen LogP contribution in [0.15, 0.2) is 0 Å². The summed E-state index contributed by atoms with van der Waals surface area (Å²) >= 11 is 0. The summed E-state index contributed by atoms with van der Waals surface area (Å²) < 4.78 is 13.3. The Bertz CT molecular complexity index is 465. The summed E-state index contributed by atoms with van der Waals surface area (Å²) in [7, 11) is 0. The zero-order valence-corrected chi connectivity index (χ0v) is 9.49. The van der Waals surface area contributed by atoms with Gasteiger partial charge in [0, 0.05) is 0 Å². The van der Waals surface area contributed by atoms with E-state index in [1.807, 2.05) is 0 Å². The SMILES string of the molecule is NC1(CO)OC(=O)CC2(O)CC(=O)OC1(O)OC2=O. The lowest BCUT2D eigenvalue weighted by Gasteiger charge is -2.40. The number of nitrogens with two attached hydrogens (primary N) is 1. The highest BCUT2D eigenvalue weighted by Crippen LogP contribution is 2.36. The van der Waals surface area contributed by atoms with Crippen LogP contribution in [0.1, 0.15) is 12.8 Å². The number of aliphatic hydroxyl groups excluding tert-OH is 1. The highest BCUT2D eigenvalue weighted by molar-refractivity contribution is 5.92. The maximum absolute atomic E-state index is 11.7. The molecule has 5 N–H and O–H groups in total. The molecule has 2 heterocycles. The van der Waals surface area contributed by atoms with E-state index in [0.717, 1.165) is 0 Å². The van der Waals surface area contributed by atoms with Crippen LogP contribution in [-0.2, 0) is 28.6 Å². The fourth-order valence-corrected chi connectivity index (χ4v) is 1.72. The van der Waals surface area contributed by atoms with Gasteiger partial charge in [-0.2, -0.15) is 0 Å². The van der Waals surface area contributed by atoms with E-state index < -0.39 is 54.7 Å². The first-order chi connectivity index (χ1) is 8.64. The standard InChI is InChI=1S/C9H11NO9/c10-8(3-11)9(16)18-5(13)2-7(15,6(14)19-9)1-4(12)17-8/h11,15-16H,1-3,10H2. The van der Waals surface area contributed by atoms with Crippen molar-refractivity contribution in [3.63, 3.8) is 0 Å². The first kappa shape index (κ1) is 13.7. The molecule has 0 aromatic rings. The molecule has 0 radical (unpaired) electrons. The third-order valence-electron chi connectivity index (χ3n) is 2.80. The van der Waals surface area contributed by atoms with Crippen molar-refractivity contribution < 1.29 is 43.9 Å². The molecule has 106 valence electrons. The van der Waals surface area contributed by atoms with Gasteiger partial charge in [0.2, 0.25) is 0 Å². The summed E-state index contributed by atoms with van der Waals surface area (Å²) in [4.78, 5) is 34.6. The Hall–Kier alpha value is -1.75. The van der Waals surface area contributed by atoms with E-state index in [-0.39, 0.29) is 0 Å². The van der Waals surface area contributed by atoms with Crippen LogP contribution in [0.3, 0.4) is 0 Å². The van der Waals surface area contributed by atoms with E-state index in [0.29, 0.717) is 0 Å². The van der Waals surface area contributed by atoms with E-state index in [4.69, 9.17) is 10.8 Å². The molecule has 19 heavy (non-hydrogen) atoms. The first-order valence-electron chi connectivity index (χ1n) is 5.16. The second-order valence-corrected chi connectivity index (χ2v) is 4.35. The zero-order valence-electron chi connectivity index (χ0n) is 9.49. The van der Waals surface area contributed by atoms with Gasteiger partial charge >= 0.3 is 23.9 Å². The molecule has 0 aliphatic carbocycles. The van der Waals surface area contributed by atoms with Crippen molar-refractivity contribution in [2.45, 2.75) is 30.1 Å². The highest BCUT2D eigenvalue weighted by Gasteiger charge is 2.65. The Morgan fingerprint density at radius 3 is 2.11 bits per heavy atom. The average molecular weight is 277 g/mol. The number of esters is 3. The lowest BCUT2D eigenvalue weighted by molar-refractivity contribution is -0.397. The quantitative estimate of drug-likeness (QED) is 0.352. The van der Waals surface area contributed by atoms with Crippen molar-refractivity contribution in [2.24, 2.45) is 5.73 Å². The van der Waals surface area contributed by atoms with E-state index >= 15 is 0 Å². The van der Waals surface area contributed by atoms with Crippen LogP contribution in [0.2, 0.25) is 0 Å². The summed E-state index contributed by atoms with van der Waals surface area (Å²) in [5.41, 5.74) is 0.178. The second-order valence-electron chi connectivity index (χ2n) is 4.35. The first-order valence-corrected chi connectivity index (χ1v) is 5.16. The van der Waals surface area contributed by atoms with Crippen molar-refractivity contribution in [3.05, 3.63) is 0 Å². The Kier molecular flexibility index (Phi) is 2.79. The maximum atomic E-state index is 11.7. The van der Waals surface area contributed by atoms with Crippen LogP contribution in [0.4, 0.5) is 0 Å². The smallest absolute Gasteiger partial charge is 0.430 e. The zero-order chi connectivity index (χ0) is 14.5. The summed E-state index contributed by atoms with van der Waals surface area (Å²) in [5, 5.41) is 28.9. The molecule has 0 saturated carbocycles. The molecule has 0 spiro atoms. The van der Waals surface area contributed by atoms with Crippen LogP contribution in [-0.4, -0.2) is 57.1 Å². The molecule has 0 amide bonds. The number of carbonyl (C=O) groups excluding carboxylic acids is 3. The average Bonchev–Trinajstić information content (AvgIpc) is 2.31. The third-order valence-corrected chi connectivity index (χ3v) is 2.80. The number of aliphatic hydroxyl groups is 3. The Labute approximate surface area is 105 Å². The molecule has 2 aliphatic rings. The summed E-state index contributed by atoms with van der Waals surface area (Å²) in [6.07, 6.45) is -1.86. The second kappa shape index (κ2) is 3.87. The number of cyclic esters (lactones) is 1. The molecule has 3 atom stereocenters. The summed E-state index contributed by atoms with van der Waals surface area (Å²) in [5.74, 6) is -7.18. The molecular formula is C9H11NO9. The lowest BCUT2D eigenvalue weighted by atomic mass is 9.95. The van der Waals surface area contributed by atoms with Gasteiger partial charge in [-0.25, -0.2) is 4.79 Å². The number of ether oxygens (including phenoxy) is 3. The van der Waals surface area contributed by atoms with Gasteiger partial charge in [-0.15, -0.1) is 0 Å². The fourth-order valence-electron chi connectivity index (χ4n) is 1.72. The summed E-state index contributed by atoms with van der Waals surface area (Å²) in [6, 6.07) is 0. The number of rotatable bonds is 1. The molecular weight excluding hydrogens is 266 g/mol. The predicted molar refractivity (Wildman–Crippen MR) is 51.4 cm³/mol. The van der Waals surface area contributed by atoms with Gasteiger partial charge in [0.05, 0.1) is 12.8 Å². The minimum atomic E-state index is -3.23. The minimum absolute atomic E-state index is 0.926.